The van der Waals surface area contributed by atoms with Gasteiger partial charge in [-0.05, 0) is 36.2 Å². The van der Waals surface area contributed by atoms with E-state index in [1.54, 1.807) is 42.5 Å². The van der Waals surface area contributed by atoms with Crippen molar-refractivity contribution in [3.63, 3.8) is 0 Å². The summed E-state index contributed by atoms with van der Waals surface area (Å²) in [7, 11) is 0. The molecule has 0 saturated carbocycles. The number of carbonyl (C=O) groups excluding carboxylic acids is 2. The van der Waals surface area contributed by atoms with Crippen LogP contribution in [0.4, 0.5) is 5.69 Å². The summed E-state index contributed by atoms with van der Waals surface area (Å²) in [5.41, 5.74) is 0.950. The molecule has 0 saturated heterocycles. The van der Waals surface area contributed by atoms with E-state index >= 15 is 0 Å². The van der Waals surface area contributed by atoms with Crippen molar-refractivity contribution in [2.24, 2.45) is 5.92 Å². The minimum absolute atomic E-state index is 0.169. The molecule has 5 nitrogen and oxygen atoms in total. The molecular formula is C17H18ClN3O2. The van der Waals surface area contributed by atoms with Crippen LogP contribution in [0.3, 0.4) is 0 Å². The van der Waals surface area contributed by atoms with E-state index in [0.29, 0.717) is 23.2 Å². The lowest BCUT2D eigenvalue weighted by atomic mass is 10.2. The van der Waals surface area contributed by atoms with E-state index in [4.69, 9.17) is 11.6 Å². The highest BCUT2D eigenvalue weighted by molar-refractivity contribution is 6.30. The second-order valence-electron chi connectivity index (χ2n) is 5.48. The first-order valence-corrected chi connectivity index (χ1v) is 7.65. The van der Waals surface area contributed by atoms with Crippen molar-refractivity contribution >= 4 is 29.1 Å². The van der Waals surface area contributed by atoms with Crippen molar-refractivity contribution in [3.05, 3.63) is 58.9 Å². The largest absolute Gasteiger partial charge is 0.350 e. The molecule has 0 aliphatic rings. The number of hydrogen-bond donors (Lipinski definition) is 2. The SMILES string of the molecule is CC(C)CNC(=O)c1cccc(C(=O)Nc2cccc(Cl)c2)n1. The first kappa shape index (κ1) is 17.0. The van der Waals surface area contributed by atoms with E-state index < -0.39 is 5.91 Å². The maximum absolute atomic E-state index is 12.2. The van der Waals surface area contributed by atoms with E-state index in [-0.39, 0.29) is 17.3 Å². The van der Waals surface area contributed by atoms with E-state index in [1.807, 2.05) is 13.8 Å². The standard InChI is InChI=1S/C17H18ClN3O2/c1-11(2)10-19-16(22)14-7-4-8-15(21-14)17(23)20-13-6-3-5-12(18)9-13/h3-9,11H,10H2,1-2H3,(H,19,22)(H,20,23). The highest BCUT2D eigenvalue weighted by Gasteiger charge is 2.12. The topological polar surface area (TPSA) is 71.1 Å². The Balaban J connectivity index is 2.09. The van der Waals surface area contributed by atoms with Crippen molar-refractivity contribution in [1.82, 2.24) is 10.3 Å². The van der Waals surface area contributed by atoms with Crippen molar-refractivity contribution < 1.29 is 9.59 Å². The Morgan fingerprint density at radius 1 is 1.09 bits per heavy atom. The van der Waals surface area contributed by atoms with E-state index in [0.717, 1.165) is 0 Å². The number of amides is 2. The first-order valence-electron chi connectivity index (χ1n) is 7.28. The fourth-order valence-electron chi connectivity index (χ4n) is 1.84. The van der Waals surface area contributed by atoms with Gasteiger partial charge in [-0.25, -0.2) is 4.98 Å². The molecule has 1 aromatic heterocycles. The second-order valence-corrected chi connectivity index (χ2v) is 5.91. The summed E-state index contributed by atoms with van der Waals surface area (Å²) in [6, 6.07) is 11.6. The Labute approximate surface area is 140 Å². The molecule has 0 radical (unpaired) electrons. The van der Waals surface area contributed by atoms with Crippen LogP contribution in [0.1, 0.15) is 34.8 Å². The molecule has 0 unspecified atom stereocenters. The van der Waals surface area contributed by atoms with Crippen LogP contribution in [0.5, 0.6) is 0 Å². The highest BCUT2D eigenvalue weighted by atomic mass is 35.5. The van der Waals surface area contributed by atoms with Gasteiger partial charge in [-0.1, -0.05) is 37.6 Å². The van der Waals surface area contributed by atoms with E-state index in [9.17, 15) is 9.59 Å². The van der Waals surface area contributed by atoms with Gasteiger partial charge in [0.15, 0.2) is 0 Å². The van der Waals surface area contributed by atoms with Crippen LogP contribution in [0.25, 0.3) is 0 Å². The highest BCUT2D eigenvalue weighted by Crippen LogP contribution is 2.15. The van der Waals surface area contributed by atoms with Gasteiger partial charge in [0, 0.05) is 17.3 Å². The average Bonchev–Trinajstić information content (AvgIpc) is 2.52. The van der Waals surface area contributed by atoms with Crippen molar-refractivity contribution in [3.8, 4) is 0 Å². The van der Waals surface area contributed by atoms with Gasteiger partial charge in [-0.3, -0.25) is 9.59 Å². The summed E-state index contributed by atoms with van der Waals surface area (Å²) in [6.45, 7) is 4.56. The zero-order valence-corrected chi connectivity index (χ0v) is 13.7. The molecule has 2 rings (SSSR count). The first-order chi connectivity index (χ1) is 11.0. The predicted octanol–water partition coefficient (Wildman–Crippen LogP) is 3.37. The number of aromatic nitrogens is 1. The Morgan fingerprint density at radius 2 is 1.74 bits per heavy atom. The summed E-state index contributed by atoms with van der Waals surface area (Å²) in [5.74, 6) is -0.352. The number of hydrogen-bond acceptors (Lipinski definition) is 3. The van der Waals surface area contributed by atoms with Gasteiger partial charge in [-0.15, -0.1) is 0 Å². The van der Waals surface area contributed by atoms with Crippen LogP contribution in [0, 0.1) is 5.92 Å². The van der Waals surface area contributed by atoms with Crippen LogP contribution >= 0.6 is 11.6 Å². The molecule has 0 bridgehead atoms. The number of pyridine rings is 1. The Morgan fingerprint density at radius 3 is 2.39 bits per heavy atom. The Hall–Kier alpha value is -2.40. The number of nitrogens with zero attached hydrogens (tertiary/aromatic N) is 1. The lowest BCUT2D eigenvalue weighted by molar-refractivity contribution is 0.0944. The molecule has 6 heteroatoms. The summed E-state index contributed by atoms with van der Waals surface area (Å²) in [6.07, 6.45) is 0. The Bertz CT molecular complexity index is 716. The molecule has 0 fully saturated rings. The summed E-state index contributed by atoms with van der Waals surface area (Å²) in [4.78, 5) is 28.3. The van der Waals surface area contributed by atoms with Gasteiger partial charge in [-0.2, -0.15) is 0 Å². The lowest BCUT2D eigenvalue weighted by Crippen LogP contribution is -2.28. The summed E-state index contributed by atoms with van der Waals surface area (Å²) >= 11 is 5.88. The molecule has 0 aliphatic carbocycles. The van der Waals surface area contributed by atoms with Crippen LogP contribution in [0.15, 0.2) is 42.5 Å². The Kier molecular flexibility index (Phi) is 5.71. The maximum Gasteiger partial charge on any atom is 0.274 e. The van der Waals surface area contributed by atoms with Crippen molar-refractivity contribution in [1.29, 1.82) is 0 Å². The molecule has 120 valence electrons. The minimum Gasteiger partial charge on any atom is -0.350 e. The third kappa shape index (κ3) is 5.07. The van der Waals surface area contributed by atoms with Crippen LogP contribution in [-0.4, -0.2) is 23.3 Å². The normalized spacial score (nSPS) is 10.4. The van der Waals surface area contributed by atoms with Crippen LogP contribution in [-0.2, 0) is 0 Å². The van der Waals surface area contributed by atoms with Crippen LogP contribution < -0.4 is 10.6 Å². The van der Waals surface area contributed by atoms with Gasteiger partial charge in [0.2, 0.25) is 0 Å². The van der Waals surface area contributed by atoms with Gasteiger partial charge in [0.1, 0.15) is 11.4 Å². The monoisotopic (exact) mass is 331 g/mol. The molecule has 1 heterocycles. The molecule has 0 spiro atoms. The number of benzene rings is 1. The van der Waals surface area contributed by atoms with Gasteiger partial charge in [0.05, 0.1) is 0 Å². The second kappa shape index (κ2) is 7.74. The minimum atomic E-state index is -0.397. The maximum atomic E-state index is 12.2. The fourth-order valence-corrected chi connectivity index (χ4v) is 2.03. The zero-order chi connectivity index (χ0) is 16.8. The number of nitrogens with one attached hydrogen (secondary N) is 2. The predicted molar refractivity (Wildman–Crippen MR) is 90.8 cm³/mol. The van der Waals surface area contributed by atoms with Gasteiger partial charge >= 0.3 is 0 Å². The molecule has 2 amide bonds. The number of anilines is 1. The fraction of sp³-hybridized carbons (Fsp3) is 0.235. The molecule has 2 aromatic rings. The summed E-state index contributed by atoms with van der Waals surface area (Å²) < 4.78 is 0. The van der Waals surface area contributed by atoms with Crippen molar-refractivity contribution in [2.75, 3.05) is 11.9 Å². The molecule has 0 aliphatic heterocycles. The molecular weight excluding hydrogens is 314 g/mol. The average molecular weight is 332 g/mol. The smallest absolute Gasteiger partial charge is 0.274 e. The lowest BCUT2D eigenvalue weighted by Gasteiger charge is -2.08. The van der Waals surface area contributed by atoms with Crippen molar-refractivity contribution in [2.45, 2.75) is 13.8 Å². The van der Waals surface area contributed by atoms with Gasteiger partial charge < -0.3 is 10.6 Å². The molecule has 2 N–H and O–H groups in total. The summed E-state index contributed by atoms with van der Waals surface area (Å²) in [5, 5.41) is 5.99. The molecule has 1 aromatic carbocycles. The van der Waals surface area contributed by atoms with Gasteiger partial charge in [0.25, 0.3) is 11.8 Å². The zero-order valence-electron chi connectivity index (χ0n) is 13.0. The van der Waals surface area contributed by atoms with Crippen LogP contribution in [0.2, 0.25) is 5.02 Å². The number of halogens is 1. The quantitative estimate of drug-likeness (QED) is 0.882. The third-order valence-corrected chi connectivity index (χ3v) is 3.20. The van der Waals surface area contributed by atoms with E-state index in [1.165, 1.54) is 0 Å². The third-order valence-electron chi connectivity index (χ3n) is 2.97. The van der Waals surface area contributed by atoms with E-state index in [2.05, 4.69) is 15.6 Å². The molecule has 23 heavy (non-hydrogen) atoms. The molecule has 0 atom stereocenters. The number of carbonyl (C=O) groups is 2. The number of rotatable bonds is 5.